The van der Waals surface area contributed by atoms with Crippen molar-refractivity contribution in [2.45, 2.75) is 19.0 Å². The molecule has 2 aromatic carbocycles. The number of aromatic nitrogens is 1. The molecule has 4 rings (SSSR count). The lowest BCUT2D eigenvalue weighted by Crippen LogP contribution is -2.40. The van der Waals surface area contributed by atoms with Gasteiger partial charge < -0.3 is 5.73 Å². The van der Waals surface area contributed by atoms with Gasteiger partial charge in [0.15, 0.2) is 0 Å². The zero-order valence-corrected chi connectivity index (χ0v) is 16.9. The number of pyridine rings is 1. The molecule has 1 atom stereocenters. The van der Waals surface area contributed by atoms with E-state index in [0.29, 0.717) is 17.4 Å². The highest BCUT2D eigenvalue weighted by Gasteiger charge is 2.37. The first kappa shape index (κ1) is 21.1. The number of primary amides is 1. The molecule has 1 aromatic heterocycles. The van der Waals surface area contributed by atoms with E-state index >= 15 is 0 Å². The van der Waals surface area contributed by atoms with Crippen molar-refractivity contribution in [2.24, 2.45) is 10.8 Å². The van der Waals surface area contributed by atoms with Gasteiger partial charge in [0.25, 0.3) is 5.91 Å². The molecule has 2 amide bonds. The number of nitrogens with zero attached hydrogens (tertiary/aromatic N) is 4. The van der Waals surface area contributed by atoms with Crippen molar-refractivity contribution < 1.29 is 18.4 Å². The summed E-state index contributed by atoms with van der Waals surface area (Å²) in [6.07, 6.45) is 1.50. The van der Waals surface area contributed by atoms with E-state index in [1.54, 1.807) is 54.7 Å². The van der Waals surface area contributed by atoms with Crippen molar-refractivity contribution in [1.29, 1.82) is 0 Å². The number of para-hydroxylation sites is 1. The van der Waals surface area contributed by atoms with E-state index in [1.165, 1.54) is 11.1 Å². The lowest BCUT2D eigenvalue weighted by molar-refractivity contribution is -0.119. The predicted molar refractivity (Wildman–Crippen MR) is 116 cm³/mol. The lowest BCUT2D eigenvalue weighted by atomic mass is 10.1. The molecule has 2 N–H and O–H groups in total. The second-order valence-electron chi connectivity index (χ2n) is 7.16. The molecule has 162 valence electrons. The van der Waals surface area contributed by atoms with Crippen LogP contribution >= 0.6 is 0 Å². The molecule has 7 nitrogen and oxygen atoms in total. The number of anilines is 2. The highest BCUT2D eigenvalue weighted by Crippen LogP contribution is 2.28. The van der Waals surface area contributed by atoms with Crippen molar-refractivity contribution in [3.63, 3.8) is 0 Å². The molecule has 3 aromatic rings. The Bertz CT molecular complexity index is 1170. The predicted octanol–water partition coefficient (Wildman–Crippen LogP) is 3.01. The van der Waals surface area contributed by atoms with Crippen LogP contribution in [-0.4, -0.2) is 28.6 Å². The van der Waals surface area contributed by atoms with E-state index < -0.39 is 29.5 Å². The van der Waals surface area contributed by atoms with Gasteiger partial charge in [0.2, 0.25) is 5.91 Å². The zero-order chi connectivity index (χ0) is 22.7. The number of hydrogen-bond acceptors (Lipinski definition) is 5. The van der Waals surface area contributed by atoms with Gasteiger partial charge in [0.1, 0.15) is 23.4 Å². The summed E-state index contributed by atoms with van der Waals surface area (Å²) in [5.41, 5.74) is 6.53. The van der Waals surface area contributed by atoms with Crippen molar-refractivity contribution >= 4 is 28.9 Å². The van der Waals surface area contributed by atoms with Gasteiger partial charge in [-0.05, 0) is 36.4 Å². The average Bonchev–Trinajstić information content (AvgIpc) is 3.25. The summed E-state index contributed by atoms with van der Waals surface area (Å²) in [6.45, 7) is -0.0756. The summed E-state index contributed by atoms with van der Waals surface area (Å²) >= 11 is 0. The Balaban J connectivity index is 1.72. The van der Waals surface area contributed by atoms with E-state index in [2.05, 4.69) is 10.1 Å². The number of carbonyl (C=O) groups excluding carboxylic acids is 2. The molecule has 2 heterocycles. The fraction of sp³-hybridized carbons (Fsp3) is 0.130. The normalized spacial score (nSPS) is 15.4. The van der Waals surface area contributed by atoms with Gasteiger partial charge in [-0.3, -0.25) is 24.5 Å². The monoisotopic (exact) mass is 435 g/mol. The van der Waals surface area contributed by atoms with Gasteiger partial charge in [-0.15, -0.1) is 0 Å². The quantitative estimate of drug-likeness (QED) is 0.644. The molecular formula is C23H19F2N5O2. The van der Waals surface area contributed by atoms with Crippen LogP contribution in [0.2, 0.25) is 0 Å². The zero-order valence-electron chi connectivity index (χ0n) is 16.9. The highest BCUT2D eigenvalue weighted by atomic mass is 19.1. The lowest BCUT2D eigenvalue weighted by Gasteiger charge is -2.23. The largest absolute Gasteiger partial charge is 0.368 e. The van der Waals surface area contributed by atoms with Crippen molar-refractivity contribution in [1.82, 2.24) is 4.98 Å². The number of halogens is 2. The first-order valence-electron chi connectivity index (χ1n) is 9.82. The molecule has 0 aliphatic carbocycles. The molecule has 0 radical (unpaired) electrons. The first-order valence-corrected chi connectivity index (χ1v) is 9.82. The number of nitrogens with two attached hydrogens (primary N) is 1. The Kier molecular flexibility index (Phi) is 5.89. The van der Waals surface area contributed by atoms with Crippen molar-refractivity contribution in [3.8, 4) is 0 Å². The summed E-state index contributed by atoms with van der Waals surface area (Å²) in [5.74, 6) is -2.95. The number of hydrazone groups is 1. The maximum atomic E-state index is 14.6. The third-order valence-electron chi connectivity index (χ3n) is 5.00. The van der Waals surface area contributed by atoms with Gasteiger partial charge in [0.05, 0.1) is 23.6 Å². The van der Waals surface area contributed by atoms with Crippen LogP contribution in [-0.2, 0) is 16.1 Å². The fourth-order valence-corrected chi connectivity index (χ4v) is 3.46. The van der Waals surface area contributed by atoms with E-state index in [1.807, 2.05) is 0 Å². The van der Waals surface area contributed by atoms with Gasteiger partial charge in [-0.2, -0.15) is 5.10 Å². The van der Waals surface area contributed by atoms with E-state index in [0.717, 1.165) is 11.0 Å². The van der Waals surface area contributed by atoms with Gasteiger partial charge >= 0.3 is 0 Å². The number of hydrogen-bond donors (Lipinski definition) is 1. The van der Waals surface area contributed by atoms with Crippen molar-refractivity contribution in [2.75, 3.05) is 9.91 Å². The SMILES string of the molecule is NC(=O)C1CC(C(=O)N(Cc2ccccn2)c2ccc(F)cc2F)=NN1c1ccccc1. The molecule has 0 saturated heterocycles. The Morgan fingerprint density at radius 1 is 1.06 bits per heavy atom. The molecule has 0 saturated carbocycles. The number of rotatable bonds is 6. The molecular weight excluding hydrogens is 416 g/mol. The van der Waals surface area contributed by atoms with Crippen LogP contribution in [0, 0.1) is 11.6 Å². The topological polar surface area (TPSA) is 91.9 Å². The van der Waals surface area contributed by atoms with E-state index in [4.69, 9.17) is 5.73 Å². The van der Waals surface area contributed by atoms with E-state index in [9.17, 15) is 18.4 Å². The summed E-state index contributed by atoms with van der Waals surface area (Å²) in [4.78, 5) is 30.8. The summed E-state index contributed by atoms with van der Waals surface area (Å²) in [5, 5.41) is 5.72. The Morgan fingerprint density at radius 3 is 2.47 bits per heavy atom. The molecule has 1 aliphatic rings. The second kappa shape index (κ2) is 8.93. The standard InChI is InChI=1S/C23H19F2N5O2/c24-15-9-10-20(18(25)12-15)29(14-16-6-4-5-11-27-16)23(32)19-13-21(22(26)31)30(28-19)17-7-2-1-3-8-17/h1-12,21H,13-14H2,(H2,26,31). The van der Waals surface area contributed by atoms with Crippen LogP contribution in [0.4, 0.5) is 20.2 Å². The van der Waals surface area contributed by atoms with E-state index in [-0.39, 0.29) is 24.4 Å². The third-order valence-corrected chi connectivity index (χ3v) is 5.00. The second-order valence-corrected chi connectivity index (χ2v) is 7.16. The van der Waals surface area contributed by atoms with Gasteiger partial charge in [-0.25, -0.2) is 8.78 Å². The minimum atomic E-state index is -0.903. The maximum Gasteiger partial charge on any atom is 0.275 e. The minimum absolute atomic E-state index is 0.0253. The van der Waals surface area contributed by atoms with Gasteiger partial charge in [0, 0.05) is 18.7 Å². The molecule has 0 fully saturated rings. The molecule has 0 spiro atoms. The number of amides is 2. The Hall–Kier alpha value is -4.14. The third kappa shape index (κ3) is 4.31. The number of benzene rings is 2. The number of carbonyl (C=O) groups is 2. The molecule has 9 heteroatoms. The minimum Gasteiger partial charge on any atom is -0.368 e. The van der Waals surface area contributed by atoms with Crippen LogP contribution in [0.1, 0.15) is 12.1 Å². The van der Waals surface area contributed by atoms with Gasteiger partial charge in [-0.1, -0.05) is 24.3 Å². The molecule has 1 aliphatic heterocycles. The molecule has 32 heavy (non-hydrogen) atoms. The van der Waals surface area contributed by atoms with Crippen molar-refractivity contribution in [3.05, 3.63) is 90.3 Å². The molecule has 0 bridgehead atoms. The van der Waals surface area contributed by atoms with Crippen LogP contribution in [0.15, 0.2) is 78.0 Å². The molecule has 1 unspecified atom stereocenters. The Labute approximate surface area is 182 Å². The summed E-state index contributed by atoms with van der Waals surface area (Å²) in [7, 11) is 0. The Morgan fingerprint density at radius 2 is 1.81 bits per heavy atom. The summed E-state index contributed by atoms with van der Waals surface area (Å²) < 4.78 is 28.1. The van der Waals surface area contributed by atoms with Crippen LogP contribution in [0.5, 0.6) is 0 Å². The first-order chi connectivity index (χ1) is 15.4. The van der Waals surface area contributed by atoms with Crippen LogP contribution in [0.3, 0.4) is 0 Å². The fourth-order valence-electron chi connectivity index (χ4n) is 3.46. The van der Waals surface area contributed by atoms with Crippen LogP contribution in [0.25, 0.3) is 0 Å². The average molecular weight is 435 g/mol. The highest BCUT2D eigenvalue weighted by molar-refractivity contribution is 6.44. The summed E-state index contributed by atoms with van der Waals surface area (Å²) in [6, 6.07) is 16.0. The maximum absolute atomic E-state index is 14.6. The smallest absolute Gasteiger partial charge is 0.275 e. The van der Waals surface area contributed by atoms with Crippen LogP contribution < -0.4 is 15.6 Å².